The van der Waals surface area contributed by atoms with Crippen LogP contribution in [0.1, 0.15) is 84.1 Å². The minimum atomic E-state index is -0.833. The van der Waals surface area contributed by atoms with Gasteiger partial charge in [0, 0.05) is 13.3 Å². The first-order chi connectivity index (χ1) is 8.52. The van der Waals surface area contributed by atoms with Crippen LogP contribution in [0.2, 0.25) is 0 Å². The van der Waals surface area contributed by atoms with Crippen LogP contribution in [0.5, 0.6) is 0 Å². The maximum absolute atomic E-state index is 9.44. The molecule has 0 fully saturated rings. The van der Waals surface area contributed by atoms with Crippen molar-refractivity contribution in [2.24, 2.45) is 5.92 Å². The van der Waals surface area contributed by atoms with Crippen molar-refractivity contribution in [3.63, 3.8) is 0 Å². The Labute approximate surface area is 139 Å². The molecular formula is C17H42O5. The maximum atomic E-state index is 9.44. The summed E-state index contributed by atoms with van der Waals surface area (Å²) in [5, 5.41) is 7.42. The first-order valence-corrected chi connectivity index (χ1v) is 6.03. The molecule has 140 valence electrons. The number of aldehydes is 2. The predicted octanol–water partition coefficient (Wildman–Crippen LogP) is 5.06. The monoisotopic (exact) mass is 326 g/mol. The Morgan fingerprint density at radius 3 is 1.00 bits per heavy atom. The van der Waals surface area contributed by atoms with Gasteiger partial charge in [0.2, 0.25) is 0 Å². The second-order valence-electron chi connectivity index (χ2n) is 3.97. The highest BCUT2D eigenvalue weighted by Gasteiger charge is 1.68. The van der Waals surface area contributed by atoms with Gasteiger partial charge in [0.15, 0.2) is 0 Å². The quantitative estimate of drug-likeness (QED) is 0.680. The summed E-state index contributed by atoms with van der Waals surface area (Å²) in [6, 6.07) is 0. The number of carboxylic acids is 1. The van der Waals surface area contributed by atoms with Gasteiger partial charge in [-0.05, 0) is 26.7 Å². The lowest BCUT2D eigenvalue weighted by Gasteiger charge is -1.79. The van der Waals surface area contributed by atoms with E-state index >= 15 is 0 Å². The Morgan fingerprint density at radius 1 is 0.955 bits per heavy atom. The molecule has 0 aromatic carbocycles. The molecule has 0 saturated carbocycles. The van der Waals surface area contributed by atoms with Gasteiger partial charge >= 0.3 is 0 Å². The topological polar surface area (TPSA) is 88.5 Å². The zero-order valence-electron chi connectivity index (χ0n) is 13.5. The van der Waals surface area contributed by atoms with Gasteiger partial charge in [0.1, 0.15) is 18.4 Å². The van der Waals surface area contributed by atoms with Crippen molar-refractivity contribution in [3.8, 4) is 0 Å². The van der Waals surface area contributed by atoms with E-state index in [1.165, 1.54) is 20.8 Å². The number of Topliss-reactive ketones (excluding diaryl/α,β-unsaturated/α-hetero) is 1. The molecule has 1 N–H and O–H groups in total. The number of ketones is 1. The largest absolute Gasteiger partial charge is 0.481 e. The average molecular weight is 327 g/mol. The smallest absolute Gasteiger partial charge is 0.300 e. The van der Waals surface area contributed by atoms with Crippen LogP contribution in [0.3, 0.4) is 0 Å². The van der Waals surface area contributed by atoms with E-state index in [-0.39, 0.29) is 28.1 Å². The summed E-state index contributed by atoms with van der Waals surface area (Å²) in [6.07, 6.45) is 2.26. The van der Waals surface area contributed by atoms with Gasteiger partial charge in [0.25, 0.3) is 5.97 Å². The average Bonchev–Trinajstić information content (AvgIpc) is 2.15. The molecule has 0 aliphatic rings. The predicted molar refractivity (Wildman–Crippen MR) is 98.5 cm³/mol. The fraction of sp³-hybridized carbons (Fsp3) is 0.765. The van der Waals surface area contributed by atoms with E-state index in [0.717, 1.165) is 25.4 Å². The third kappa shape index (κ3) is 20900. The number of carbonyl (C=O) groups excluding carboxylic acids is 3. The molecule has 5 heteroatoms. The van der Waals surface area contributed by atoms with Crippen LogP contribution >= 0.6 is 0 Å². The number of hydrogen-bond donors (Lipinski definition) is 1. The third-order valence-corrected chi connectivity index (χ3v) is 0.167. The molecule has 22 heavy (non-hydrogen) atoms. The Balaban J connectivity index is -0.0000000180. The van der Waals surface area contributed by atoms with Crippen LogP contribution in [-0.2, 0) is 19.2 Å². The van der Waals surface area contributed by atoms with Gasteiger partial charge in [-0.25, -0.2) is 0 Å². The van der Waals surface area contributed by atoms with E-state index in [1.807, 2.05) is 6.92 Å². The Bertz CT molecular complexity index is 176. The fourth-order valence-electron chi connectivity index (χ4n) is 0. The molecular weight excluding hydrogens is 284 g/mol. The van der Waals surface area contributed by atoms with E-state index in [1.54, 1.807) is 0 Å². The fourth-order valence-corrected chi connectivity index (χ4v) is 0. The highest BCUT2D eigenvalue weighted by molar-refractivity contribution is 5.72. The maximum Gasteiger partial charge on any atom is 0.300 e. The van der Waals surface area contributed by atoms with Crippen molar-refractivity contribution in [3.05, 3.63) is 0 Å². The molecule has 0 aromatic rings. The van der Waals surface area contributed by atoms with Crippen LogP contribution in [0.4, 0.5) is 0 Å². The Morgan fingerprint density at radius 2 is 1.00 bits per heavy atom. The van der Waals surface area contributed by atoms with Gasteiger partial charge in [-0.2, -0.15) is 0 Å². The van der Waals surface area contributed by atoms with Gasteiger partial charge in [-0.15, -0.1) is 0 Å². The van der Waals surface area contributed by atoms with Crippen molar-refractivity contribution in [1.29, 1.82) is 0 Å². The molecule has 0 rings (SSSR count). The van der Waals surface area contributed by atoms with Gasteiger partial charge < -0.3 is 19.5 Å². The first kappa shape index (κ1) is 49.9. The van der Waals surface area contributed by atoms with E-state index < -0.39 is 5.97 Å². The number of hydrogen-bond acceptors (Lipinski definition) is 4. The van der Waals surface area contributed by atoms with Gasteiger partial charge in [-0.3, -0.25) is 4.79 Å². The molecule has 0 aliphatic carbocycles. The SMILES string of the molecule is C.C.C.CC(=O)O.CC(C)=O.CC(C)C.CC=O.CCC=O. The second-order valence-corrected chi connectivity index (χ2v) is 3.97. The van der Waals surface area contributed by atoms with E-state index in [0.29, 0.717) is 6.42 Å². The lowest BCUT2D eigenvalue weighted by molar-refractivity contribution is -0.134. The van der Waals surface area contributed by atoms with Crippen LogP contribution in [0, 0.1) is 5.92 Å². The lowest BCUT2D eigenvalue weighted by atomic mass is 10.3. The van der Waals surface area contributed by atoms with Crippen LogP contribution in [0.25, 0.3) is 0 Å². The number of carboxylic acid groups (broad SMARTS) is 1. The normalized spacial score (nSPS) is 5.68. The second kappa shape index (κ2) is 60.6. The van der Waals surface area contributed by atoms with Gasteiger partial charge in [0.05, 0.1) is 0 Å². The molecule has 0 amide bonds. The minimum absolute atomic E-state index is 0. The molecule has 0 atom stereocenters. The summed E-state index contributed by atoms with van der Waals surface area (Å²) in [6.45, 7) is 13.9. The standard InChI is InChI=1S/C4H10.2C3H6O.C2H4O2.C2H4O.3CH4/c1-4(2)3;1-3(2)4;1-2-3-4;1-2(3)4;1-2-3;;;/h4H,1-3H3;1-2H3;3H,2H2,1H3;1H3,(H,3,4);2H,1H3;3*1H4. The van der Waals surface area contributed by atoms with Crippen molar-refractivity contribution in [1.82, 2.24) is 0 Å². The molecule has 0 saturated heterocycles. The summed E-state index contributed by atoms with van der Waals surface area (Å²) >= 11 is 0. The number of aliphatic carboxylic acids is 1. The molecule has 0 heterocycles. The molecule has 0 spiro atoms. The van der Waals surface area contributed by atoms with E-state index in [4.69, 9.17) is 14.7 Å². The van der Waals surface area contributed by atoms with E-state index in [9.17, 15) is 9.59 Å². The third-order valence-electron chi connectivity index (χ3n) is 0.167. The number of carbonyl (C=O) groups is 4. The number of rotatable bonds is 1. The van der Waals surface area contributed by atoms with Crippen molar-refractivity contribution >= 4 is 24.3 Å². The zero-order chi connectivity index (χ0) is 16.9. The molecule has 0 aromatic heterocycles. The molecule has 0 unspecified atom stereocenters. The summed E-state index contributed by atoms with van der Waals surface area (Å²) in [5.74, 6) is 0.167. The summed E-state index contributed by atoms with van der Waals surface area (Å²) in [4.78, 5) is 36.4. The Hall–Kier alpha value is -1.52. The van der Waals surface area contributed by atoms with Crippen molar-refractivity contribution in [2.75, 3.05) is 0 Å². The lowest BCUT2D eigenvalue weighted by Crippen LogP contribution is -1.78. The minimum Gasteiger partial charge on any atom is -0.481 e. The van der Waals surface area contributed by atoms with Crippen LogP contribution in [0.15, 0.2) is 0 Å². The molecule has 0 bridgehead atoms. The summed E-state index contributed by atoms with van der Waals surface area (Å²) < 4.78 is 0. The molecule has 0 radical (unpaired) electrons. The van der Waals surface area contributed by atoms with Crippen LogP contribution in [-0.4, -0.2) is 29.4 Å². The zero-order valence-corrected chi connectivity index (χ0v) is 13.5. The van der Waals surface area contributed by atoms with Crippen LogP contribution < -0.4 is 0 Å². The van der Waals surface area contributed by atoms with Gasteiger partial charge in [-0.1, -0.05) is 50.0 Å². The molecule has 0 aliphatic heterocycles. The summed E-state index contributed by atoms with van der Waals surface area (Å²) in [7, 11) is 0. The van der Waals surface area contributed by atoms with Crippen molar-refractivity contribution in [2.45, 2.75) is 84.1 Å². The summed E-state index contributed by atoms with van der Waals surface area (Å²) in [5.41, 5.74) is 0. The highest BCUT2D eigenvalue weighted by Crippen LogP contribution is 1.81. The Kier molecular flexibility index (Phi) is 137. The first-order valence-electron chi connectivity index (χ1n) is 6.03. The highest BCUT2D eigenvalue weighted by atomic mass is 16.4. The van der Waals surface area contributed by atoms with E-state index in [2.05, 4.69) is 20.8 Å². The molecule has 5 nitrogen and oxygen atoms in total. The van der Waals surface area contributed by atoms with Crippen molar-refractivity contribution < 1.29 is 24.3 Å².